The fraction of sp³-hybridized carbons (Fsp3) is 0. The van der Waals surface area contributed by atoms with E-state index in [2.05, 4.69) is 33.0 Å². The molecule has 29 heavy (non-hydrogen) atoms. The van der Waals surface area contributed by atoms with Crippen molar-refractivity contribution in [2.24, 2.45) is 15.0 Å². The van der Waals surface area contributed by atoms with Gasteiger partial charge in [0.25, 0.3) is 0 Å². The number of hydrogen-bond acceptors (Lipinski definition) is 5. The molecule has 138 valence electrons. The zero-order valence-corrected chi connectivity index (χ0v) is 15.3. The first-order valence-corrected chi connectivity index (χ1v) is 9.37. The first-order valence-electron chi connectivity index (χ1n) is 9.37. The predicted octanol–water partition coefficient (Wildman–Crippen LogP) is 1.68. The fourth-order valence-corrected chi connectivity index (χ4v) is 3.63. The number of H-pyrrole nitrogens is 1. The largest absolute Gasteiger partial charge is 0.355 e. The Morgan fingerprint density at radius 2 is 1.24 bits per heavy atom. The van der Waals surface area contributed by atoms with Gasteiger partial charge in [-0.05, 0) is 72.9 Å². The summed E-state index contributed by atoms with van der Waals surface area (Å²) in [6.07, 6.45) is 24.0. The monoisotopic (exact) mass is 376 g/mol. The number of allylic oxidation sites excluding steroid dienone is 8. The Balaban J connectivity index is 1.59. The van der Waals surface area contributed by atoms with Gasteiger partial charge in [0.2, 0.25) is 0 Å². The molecule has 0 saturated carbocycles. The van der Waals surface area contributed by atoms with E-state index < -0.39 is 0 Å². The van der Waals surface area contributed by atoms with E-state index in [0.717, 1.165) is 56.2 Å². The highest BCUT2D eigenvalue weighted by molar-refractivity contribution is 6.20. The third kappa shape index (κ3) is 2.96. The lowest BCUT2D eigenvalue weighted by atomic mass is 10.2. The van der Waals surface area contributed by atoms with Crippen molar-refractivity contribution in [1.29, 1.82) is 0 Å². The van der Waals surface area contributed by atoms with Gasteiger partial charge in [0.1, 0.15) is 0 Å². The van der Waals surface area contributed by atoms with Crippen LogP contribution in [0.4, 0.5) is 0 Å². The number of aromatic amines is 1. The maximum absolute atomic E-state index is 4.72. The van der Waals surface area contributed by atoms with E-state index in [1.165, 1.54) is 0 Å². The van der Waals surface area contributed by atoms with Crippen LogP contribution in [-0.4, -0.2) is 22.1 Å². The van der Waals surface area contributed by atoms with Crippen LogP contribution in [0.15, 0.2) is 99.0 Å². The summed E-state index contributed by atoms with van der Waals surface area (Å²) in [6.45, 7) is 0. The Morgan fingerprint density at radius 1 is 0.621 bits per heavy atom. The maximum Gasteiger partial charge on any atom is 0.0659 e. The van der Waals surface area contributed by atoms with Crippen LogP contribution in [0.25, 0.3) is 17.8 Å². The molecule has 0 saturated heterocycles. The number of aromatic nitrogens is 1. The van der Waals surface area contributed by atoms with E-state index >= 15 is 0 Å². The van der Waals surface area contributed by atoms with Crippen molar-refractivity contribution in [3.05, 3.63) is 100 Å². The third-order valence-electron chi connectivity index (χ3n) is 4.94. The van der Waals surface area contributed by atoms with E-state index in [9.17, 15) is 0 Å². The molecule has 5 aliphatic heterocycles. The second-order valence-corrected chi connectivity index (χ2v) is 7.03. The van der Waals surface area contributed by atoms with Gasteiger partial charge in [0.15, 0.2) is 0 Å². The molecule has 0 aromatic carbocycles. The summed E-state index contributed by atoms with van der Waals surface area (Å²) in [7, 11) is 0. The van der Waals surface area contributed by atoms with E-state index in [-0.39, 0.29) is 0 Å². The van der Waals surface area contributed by atoms with Crippen LogP contribution in [0.1, 0.15) is 5.69 Å². The molecule has 0 aliphatic carbocycles. The SMILES string of the molecule is C1=C/C(=c2\cc3[nH]c2=CC2=NC(=CC4=NC(=CC5=NC(=C3)C=C5)C=C4)C=C2)NN1. The molecule has 1 aromatic heterocycles. The molecule has 0 fully saturated rings. The van der Waals surface area contributed by atoms with Crippen LogP contribution in [0.2, 0.25) is 0 Å². The number of hydrogen-bond donors (Lipinski definition) is 3. The summed E-state index contributed by atoms with van der Waals surface area (Å²) in [5.74, 6) is 0. The summed E-state index contributed by atoms with van der Waals surface area (Å²) >= 11 is 0. The molecule has 3 N–H and O–H groups in total. The van der Waals surface area contributed by atoms with Gasteiger partial charge in [-0.2, -0.15) is 0 Å². The molecule has 6 nitrogen and oxygen atoms in total. The molecule has 5 aliphatic rings. The number of nitrogens with zero attached hydrogens (tertiary/aromatic N) is 3. The quantitative estimate of drug-likeness (QED) is 0.644. The lowest BCUT2D eigenvalue weighted by molar-refractivity contribution is 0.829. The highest BCUT2D eigenvalue weighted by atomic mass is 15.4. The van der Waals surface area contributed by atoms with Gasteiger partial charge in [0, 0.05) is 17.1 Å². The van der Waals surface area contributed by atoms with E-state index in [0.29, 0.717) is 0 Å². The molecule has 6 heterocycles. The van der Waals surface area contributed by atoms with Crippen molar-refractivity contribution in [3.63, 3.8) is 0 Å². The highest BCUT2D eigenvalue weighted by Gasteiger charge is 2.11. The smallest absolute Gasteiger partial charge is 0.0659 e. The second-order valence-electron chi connectivity index (χ2n) is 7.03. The van der Waals surface area contributed by atoms with Crippen LogP contribution in [0, 0.1) is 0 Å². The van der Waals surface area contributed by atoms with Crippen molar-refractivity contribution >= 4 is 35.0 Å². The first-order chi connectivity index (χ1) is 14.3. The molecule has 0 atom stereocenters. The molecular weight excluding hydrogens is 360 g/mol. The predicted molar refractivity (Wildman–Crippen MR) is 117 cm³/mol. The van der Waals surface area contributed by atoms with Crippen molar-refractivity contribution in [1.82, 2.24) is 15.8 Å². The van der Waals surface area contributed by atoms with Crippen molar-refractivity contribution < 1.29 is 0 Å². The lowest BCUT2D eigenvalue weighted by Crippen LogP contribution is -2.31. The van der Waals surface area contributed by atoms with Gasteiger partial charge >= 0.3 is 0 Å². The lowest BCUT2D eigenvalue weighted by Gasteiger charge is -1.96. The average molecular weight is 376 g/mol. The van der Waals surface area contributed by atoms with Gasteiger partial charge in [-0.1, -0.05) is 0 Å². The number of aliphatic imine (C=N–C) groups is 3. The molecule has 6 rings (SSSR count). The zero-order valence-electron chi connectivity index (χ0n) is 15.3. The van der Waals surface area contributed by atoms with E-state index in [4.69, 9.17) is 9.98 Å². The van der Waals surface area contributed by atoms with Crippen LogP contribution in [-0.2, 0) is 0 Å². The number of fused-ring (bicyclic) bond motifs is 5. The summed E-state index contributed by atoms with van der Waals surface area (Å²) < 4.78 is 0. The summed E-state index contributed by atoms with van der Waals surface area (Å²) in [6, 6.07) is 2.11. The number of nitrogens with one attached hydrogen (secondary N) is 3. The van der Waals surface area contributed by atoms with Gasteiger partial charge in [-0.25, -0.2) is 15.0 Å². The van der Waals surface area contributed by atoms with Gasteiger partial charge in [-0.15, -0.1) is 0 Å². The standard InChI is InChI=1S/C23H16N6/c1-2-15-10-17-5-6-19(27-17)13-23-21(22-7-8-24-29-22)12-20(28-23)11-18-4-3-16(26-18)9-14(1)25-15/h1-13,24,28-29H/b14-9?,17-10?,18-11?,22-21-,23-13?. The Kier molecular flexibility index (Phi) is 3.37. The molecule has 0 amide bonds. The minimum Gasteiger partial charge on any atom is -0.355 e. The molecule has 1 aromatic rings. The second kappa shape index (κ2) is 6.17. The Hall–Kier alpha value is -4.19. The summed E-state index contributed by atoms with van der Waals surface area (Å²) in [5, 5.41) is 2.05. The third-order valence-corrected chi connectivity index (χ3v) is 4.94. The van der Waals surface area contributed by atoms with Gasteiger partial charge in [0.05, 0.1) is 45.3 Å². The normalized spacial score (nSPS) is 22.3. The van der Waals surface area contributed by atoms with E-state index in [1.807, 2.05) is 67.0 Å². The minimum atomic E-state index is 0.884. The summed E-state index contributed by atoms with van der Waals surface area (Å²) in [4.78, 5) is 17.5. The molecule has 8 bridgehead atoms. The first kappa shape index (κ1) is 15.8. The number of rotatable bonds is 0. The van der Waals surface area contributed by atoms with Crippen molar-refractivity contribution in [2.45, 2.75) is 0 Å². The Labute approximate surface area is 166 Å². The molecule has 0 spiro atoms. The Morgan fingerprint density at radius 3 is 1.86 bits per heavy atom. The fourth-order valence-electron chi connectivity index (χ4n) is 3.63. The molecule has 6 heteroatoms. The Bertz CT molecular complexity index is 1380. The topological polar surface area (TPSA) is 76.9 Å². The van der Waals surface area contributed by atoms with Crippen LogP contribution < -0.4 is 21.4 Å². The van der Waals surface area contributed by atoms with Crippen LogP contribution in [0.5, 0.6) is 0 Å². The van der Waals surface area contributed by atoms with Crippen LogP contribution in [0.3, 0.4) is 0 Å². The number of hydrazine groups is 1. The average Bonchev–Trinajstić information content (AvgIpc) is 3.50. The minimum absolute atomic E-state index is 0.884. The van der Waals surface area contributed by atoms with E-state index in [1.54, 1.807) is 0 Å². The van der Waals surface area contributed by atoms with Gasteiger partial charge in [-0.3, -0.25) is 0 Å². The van der Waals surface area contributed by atoms with Gasteiger partial charge < -0.3 is 15.8 Å². The maximum atomic E-state index is 4.72. The summed E-state index contributed by atoms with van der Waals surface area (Å²) in [5.41, 5.74) is 13.5. The zero-order chi connectivity index (χ0) is 19.2. The molecular formula is C23H16N6. The van der Waals surface area contributed by atoms with Crippen LogP contribution >= 0.6 is 0 Å². The molecule has 0 radical (unpaired) electrons. The molecule has 0 unspecified atom stereocenters. The van der Waals surface area contributed by atoms with Crippen molar-refractivity contribution in [3.8, 4) is 0 Å². The van der Waals surface area contributed by atoms with Crippen molar-refractivity contribution in [2.75, 3.05) is 0 Å². The highest BCUT2D eigenvalue weighted by Crippen LogP contribution is 2.18.